The van der Waals surface area contributed by atoms with Crippen LogP contribution in [0.1, 0.15) is 16.4 Å². The molecule has 4 aromatic carbocycles. The number of nitrogens with one attached hydrogen (secondary N) is 1. The van der Waals surface area contributed by atoms with Crippen molar-refractivity contribution in [2.75, 3.05) is 0 Å². The Morgan fingerprint density at radius 2 is 1.51 bits per heavy atom. The van der Waals surface area contributed by atoms with E-state index < -0.39 is 0 Å². The molecule has 7 rings (SSSR count). The minimum Gasteiger partial charge on any atom is -0.338 e. The summed E-state index contributed by atoms with van der Waals surface area (Å²) in [7, 11) is 0. The fourth-order valence-corrected chi connectivity index (χ4v) is 7.40. The maximum Gasteiger partial charge on any atom is 0.283 e. The van der Waals surface area contributed by atoms with E-state index in [0.29, 0.717) is 16.3 Å². The van der Waals surface area contributed by atoms with E-state index in [4.69, 9.17) is 9.97 Å². The Morgan fingerprint density at radius 3 is 2.23 bits per heavy atom. The smallest absolute Gasteiger partial charge is 0.283 e. The number of H-pyrrole nitrogens is 1. The van der Waals surface area contributed by atoms with Crippen molar-refractivity contribution in [3.05, 3.63) is 118 Å². The summed E-state index contributed by atoms with van der Waals surface area (Å²) in [6.45, 7) is 0. The Balaban J connectivity index is 1.33. The van der Waals surface area contributed by atoms with Crippen LogP contribution in [0.25, 0.3) is 43.1 Å². The van der Waals surface area contributed by atoms with E-state index >= 15 is 0 Å². The molecule has 3 aromatic heterocycles. The fourth-order valence-electron chi connectivity index (χ4n) is 4.31. The quantitative estimate of drug-likeness (QED) is 0.161. The molecular formula is C29H17N5O2S3. The lowest BCUT2D eigenvalue weighted by molar-refractivity contribution is -0.387. The van der Waals surface area contributed by atoms with Crippen molar-refractivity contribution in [1.82, 2.24) is 19.9 Å². The van der Waals surface area contributed by atoms with E-state index in [-0.39, 0.29) is 10.6 Å². The molecule has 0 aliphatic heterocycles. The lowest BCUT2D eigenvalue weighted by Gasteiger charge is -2.05. The molecule has 0 unspecified atom stereocenters. The average molecular weight is 564 g/mol. The number of aromatic amines is 1. The summed E-state index contributed by atoms with van der Waals surface area (Å²) in [4.78, 5) is 30.0. The van der Waals surface area contributed by atoms with Crippen LogP contribution in [0.2, 0.25) is 0 Å². The number of imidazole rings is 1. The van der Waals surface area contributed by atoms with Crippen molar-refractivity contribution in [3.8, 4) is 0 Å². The van der Waals surface area contributed by atoms with Crippen LogP contribution < -0.4 is 0 Å². The van der Waals surface area contributed by atoms with E-state index in [2.05, 4.69) is 9.97 Å². The number of thiazole rings is 2. The Morgan fingerprint density at radius 1 is 0.821 bits per heavy atom. The highest BCUT2D eigenvalue weighted by Crippen LogP contribution is 2.40. The van der Waals surface area contributed by atoms with Gasteiger partial charge in [0.05, 0.1) is 46.9 Å². The summed E-state index contributed by atoms with van der Waals surface area (Å²) < 4.78 is 2.87. The zero-order chi connectivity index (χ0) is 26.3. The first-order chi connectivity index (χ1) is 19.1. The van der Waals surface area contributed by atoms with Gasteiger partial charge in [-0.1, -0.05) is 54.2 Å². The van der Waals surface area contributed by atoms with E-state index in [1.807, 2.05) is 84.9 Å². The molecule has 10 heteroatoms. The first-order valence-electron chi connectivity index (χ1n) is 12.0. The molecule has 0 bridgehead atoms. The molecule has 0 aliphatic carbocycles. The van der Waals surface area contributed by atoms with Gasteiger partial charge in [0.1, 0.15) is 10.8 Å². The van der Waals surface area contributed by atoms with Crippen molar-refractivity contribution < 1.29 is 4.92 Å². The summed E-state index contributed by atoms with van der Waals surface area (Å²) in [6, 6.07) is 28.9. The second-order valence-corrected chi connectivity index (χ2v) is 12.0. The Kier molecular flexibility index (Phi) is 5.92. The molecular weight excluding hydrogens is 547 g/mol. The standard InChI is InChI=1S/C29H17N5O2S3/c35-34(36)23-16-17(13-14-26(23)39-29-33-22-10-4-6-12-25(22)38-29)15-18(27-30-19-7-1-2-8-20(19)31-27)28-32-21-9-3-5-11-24(21)37-28/h1-16H,(H,30,31)/b18-15+. The first kappa shape index (κ1) is 23.7. The summed E-state index contributed by atoms with van der Waals surface area (Å²) >= 11 is 4.40. The van der Waals surface area contributed by atoms with Crippen molar-refractivity contribution in [3.63, 3.8) is 0 Å². The van der Waals surface area contributed by atoms with Crippen LogP contribution >= 0.6 is 34.4 Å². The first-order valence-corrected chi connectivity index (χ1v) is 14.4. The number of nitrogens with zero attached hydrogens (tertiary/aromatic N) is 4. The Labute approximate surface area is 234 Å². The molecule has 188 valence electrons. The third-order valence-electron chi connectivity index (χ3n) is 6.13. The van der Waals surface area contributed by atoms with Crippen LogP contribution in [0.3, 0.4) is 0 Å². The topological polar surface area (TPSA) is 97.6 Å². The number of hydrogen-bond acceptors (Lipinski definition) is 8. The van der Waals surface area contributed by atoms with Crippen LogP contribution in [0.4, 0.5) is 5.69 Å². The van der Waals surface area contributed by atoms with Gasteiger partial charge in [-0.05, 0) is 54.1 Å². The van der Waals surface area contributed by atoms with Crippen LogP contribution in [0, 0.1) is 10.1 Å². The number of hydrogen-bond donors (Lipinski definition) is 1. The second kappa shape index (κ2) is 9.73. The van der Waals surface area contributed by atoms with Gasteiger partial charge >= 0.3 is 0 Å². The highest BCUT2D eigenvalue weighted by molar-refractivity contribution is 8.01. The number of rotatable bonds is 6. The van der Waals surface area contributed by atoms with Crippen molar-refractivity contribution >= 4 is 83.2 Å². The number of para-hydroxylation sites is 4. The van der Waals surface area contributed by atoms with Gasteiger partial charge in [0.25, 0.3) is 5.69 Å². The molecule has 1 N–H and O–H groups in total. The van der Waals surface area contributed by atoms with Gasteiger partial charge in [0.15, 0.2) is 4.34 Å². The molecule has 0 aliphatic rings. The lowest BCUT2D eigenvalue weighted by atomic mass is 10.1. The molecule has 0 amide bonds. The molecule has 0 atom stereocenters. The average Bonchev–Trinajstić information content (AvgIpc) is 3.68. The lowest BCUT2D eigenvalue weighted by Crippen LogP contribution is -1.93. The fraction of sp³-hybridized carbons (Fsp3) is 0. The van der Waals surface area contributed by atoms with E-state index in [1.54, 1.807) is 23.5 Å². The summed E-state index contributed by atoms with van der Waals surface area (Å²) in [6.07, 6.45) is 1.91. The third-order valence-corrected chi connectivity index (χ3v) is 9.36. The maximum absolute atomic E-state index is 12.1. The predicted molar refractivity (Wildman–Crippen MR) is 160 cm³/mol. The van der Waals surface area contributed by atoms with Crippen LogP contribution in [0.5, 0.6) is 0 Å². The second-order valence-electron chi connectivity index (χ2n) is 8.68. The molecule has 0 saturated heterocycles. The van der Waals surface area contributed by atoms with Gasteiger partial charge in [0, 0.05) is 6.07 Å². The molecule has 7 aromatic rings. The van der Waals surface area contributed by atoms with Crippen LogP contribution in [0.15, 0.2) is 100 Å². The molecule has 39 heavy (non-hydrogen) atoms. The number of fused-ring (bicyclic) bond motifs is 3. The van der Waals surface area contributed by atoms with Gasteiger partial charge in [0.2, 0.25) is 0 Å². The number of benzene rings is 4. The normalized spacial score (nSPS) is 12.1. The zero-order valence-electron chi connectivity index (χ0n) is 20.1. The molecule has 0 spiro atoms. The van der Waals surface area contributed by atoms with Gasteiger partial charge in [-0.25, -0.2) is 15.0 Å². The van der Waals surface area contributed by atoms with Crippen molar-refractivity contribution in [2.45, 2.75) is 9.24 Å². The molecule has 0 fully saturated rings. The van der Waals surface area contributed by atoms with Gasteiger partial charge in [-0.3, -0.25) is 10.1 Å². The predicted octanol–water partition coefficient (Wildman–Crippen LogP) is 8.43. The van der Waals surface area contributed by atoms with Gasteiger partial charge in [-0.15, -0.1) is 22.7 Å². The highest BCUT2D eigenvalue weighted by Gasteiger charge is 2.20. The Bertz CT molecular complexity index is 1880. The minimum atomic E-state index is -0.342. The largest absolute Gasteiger partial charge is 0.338 e. The highest BCUT2D eigenvalue weighted by atomic mass is 32.2. The van der Waals surface area contributed by atoms with Crippen molar-refractivity contribution in [2.24, 2.45) is 0 Å². The monoisotopic (exact) mass is 563 g/mol. The number of aromatic nitrogens is 4. The van der Waals surface area contributed by atoms with Crippen molar-refractivity contribution in [1.29, 1.82) is 0 Å². The van der Waals surface area contributed by atoms with Crippen LogP contribution in [-0.4, -0.2) is 24.9 Å². The minimum absolute atomic E-state index is 0.0289. The third kappa shape index (κ3) is 4.59. The molecule has 0 radical (unpaired) electrons. The molecule has 3 heterocycles. The van der Waals surface area contributed by atoms with Gasteiger partial charge < -0.3 is 4.98 Å². The SMILES string of the molecule is O=[N+]([O-])c1cc(/C=C(\c2nc3ccccc3[nH]2)c2nc3ccccc3s2)ccc1Sc1nc2ccccc2s1. The van der Waals surface area contributed by atoms with E-state index in [0.717, 1.165) is 46.4 Å². The van der Waals surface area contributed by atoms with E-state index in [1.165, 1.54) is 23.1 Å². The Hall–Kier alpha value is -4.38. The molecule has 0 saturated carbocycles. The number of nitro groups is 1. The summed E-state index contributed by atoms with van der Waals surface area (Å²) in [5.41, 5.74) is 5.02. The number of nitro benzene ring substituents is 1. The maximum atomic E-state index is 12.1. The van der Waals surface area contributed by atoms with Crippen LogP contribution in [-0.2, 0) is 0 Å². The van der Waals surface area contributed by atoms with Gasteiger partial charge in [-0.2, -0.15) is 0 Å². The summed E-state index contributed by atoms with van der Waals surface area (Å²) in [5.74, 6) is 0.658. The summed E-state index contributed by atoms with van der Waals surface area (Å²) in [5, 5.41) is 12.9. The van der Waals surface area contributed by atoms with E-state index in [9.17, 15) is 10.1 Å². The zero-order valence-corrected chi connectivity index (χ0v) is 22.5. The molecule has 7 nitrogen and oxygen atoms in total.